The maximum absolute atomic E-state index is 12.7. The molecule has 5 heteroatoms. The molecule has 1 amide bonds. The number of hydrogen-bond donors (Lipinski definition) is 0. The number of rotatable bonds is 5. The first-order chi connectivity index (χ1) is 13.3. The van der Waals surface area contributed by atoms with Gasteiger partial charge in [0.25, 0.3) is 0 Å². The standard InChI is InChI=1S/C22H32N4O/c1-2-25-17-19(20-9-6-11-23-21(20)25)10-12-24-13-15-26(16-14-24)22(27)18-7-4-3-5-8-18/h6,9,11,17-18H,2-5,7-8,10,12-16H2,1H3. The van der Waals surface area contributed by atoms with E-state index in [1.54, 1.807) is 0 Å². The van der Waals surface area contributed by atoms with Crippen LogP contribution in [-0.4, -0.2) is 58.0 Å². The summed E-state index contributed by atoms with van der Waals surface area (Å²) >= 11 is 0. The predicted molar refractivity (Wildman–Crippen MR) is 109 cm³/mol. The molecule has 0 N–H and O–H groups in total. The molecule has 0 radical (unpaired) electrons. The van der Waals surface area contributed by atoms with Gasteiger partial charge in [0, 0.05) is 63.0 Å². The highest BCUT2D eigenvalue weighted by molar-refractivity contribution is 5.80. The molecule has 5 nitrogen and oxygen atoms in total. The summed E-state index contributed by atoms with van der Waals surface area (Å²) in [5, 5.41) is 1.28. The van der Waals surface area contributed by atoms with Gasteiger partial charge in [0.1, 0.15) is 5.65 Å². The summed E-state index contributed by atoms with van der Waals surface area (Å²) < 4.78 is 2.24. The van der Waals surface area contributed by atoms with Crippen LogP contribution in [0.25, 0.3) is 11.0 Å². The molecule has 1 saturated heterocycles. The molecule has 1 aliphatic carbocycles. The number of fused-ring (bicyclic) bond motifs is 1. The Kier molecular flexibility index (Phi) is 5.77. The van der Waals surface area contributed by atoms with Crippen LogP contribution < -0.4 is 0 Å². The smallest absolute Gasteiger partial charge is 0.225 e. The third-order valence-corrected chi connectivity index (χ3v) is 6.39. The minimum Gasteiger partial charge on any atom is -0.340 e. The molecule has 0 spiro atoms. The van der Waals surface area contributed by atoms with Crippen LogP contribution in [0.2, 0.25) is 0 Å². The summed E-state index contributed by atoms with van der Waals surface area (Å²) in [7, 11) is 0. The fraction of sp³-hybridized carbons (Fsp3) is 0.636. The maximum Gasteiger partial charge on any atom is 0.225 e. The SMILES string of the molecule is CCn1cc(CCN2CCN(C(=O)C3CCCCC3)CC2)c2cccnc21. The number of pyridine rings is 1. The van der Waals surface area contributed by atoms with Crippen LogP contribution in [0.3, 0.4) is 0 Å². The van der Waals surface area contributed by atoms with Crippen molar-refractivity contribution in [1.82, 2.24) is 19.4 Å². The number of aryl methyl sites for hydroxylation is 1. The van der Waals surface area contributed by atoms with E-state index >= 15 is 0 Å². The Hall–Kier alpha value is -1.88. The highest BCUT2D eigenvalue weighted by atomic mass is 16.2. The van der Waals surface area contributed by atoms with E-state index in [0.717, 1.165) is 64.2 Å². The Balaban J connectivity index is 1.30. The summed E-state index contributed by atoms with van der Waals surface area (Å²) in [6, 6.07) is 4.21. The third kappa shape index (κ3) is 4.03. The summed E-state index contributed by atoms with van der Waals surface area (Å²) in [5.41, 5.74) is 2.48. The molecule has 0 unspecified atom stereocenters. The van der Waals surface area contributed by atoms with Crippen molar-refractivity contribution in [3.05, 3.63) is 30.1 Å². The number of amides is 1. The summed E-state index contributed by atoms with van der Waals surface area (Å²) in [4.78, 5) is 21.9. The highest BCUT2D eigenvalue weighted by Gasteiger charge is 2.28. The van der Waals surface area contributed by atoms with E-state index in [-0.39, 0.29) is 0 Å². The van der Waals surface area contributed by atoms with Gasteiger partial charge >= 0.3 is 0 Å². The Morgan fingerprint density at radius 3 is 2.67 bits per heavy atom. The lowest BCUT2D eigenvalue weighted by molar-refractivity contribution is -0.138. The molecule has 4 rings (SSSR count). The highest BCUT2D eigenvalue weighted by Crippen LogP contribution is 2.26. The molecule has 146 valence electrons. The van der Waals surface area contributed by atoms with E-state index in [1.165, 1.54) is 30.2 Å². The van der Waals surface area contributed by atoms with Crippen molar-refractivity contribution in [3.63, 3.8) is 0 Å². The van der Waals surface area contributed by atoms with Crippen molar-refractivity contribution < 1.29 is 4.79 Å². The van der Waals surface area contributed by atoms with Gasteiger partial charge in [-0.3, -0.25) is 9.69 Å². The molecule has 2 aromatic heterocycles. The van der Waals surface area contributed by atoms with Gasteiger partial charge in [-0.25, -0.2) is 4.98 Å². The minimum absolute atomic E-state index is 0.304. The predicted octanol–water partition coefficient (Wildman–Crippen LogP) is 3.32. The van der Waals surface area contributed by atoms with E-state index < -0.39 is 0 Å². The second-order valence-electron chi connectivity index (χ2n) is 8.07. The molecule has 2 aromatic rings. The molecule has 0 atom stereocenters. The van der Waals surface area contributed by atoms with E-state index in [2.05, 4.69) is 38.5 Å². The molecule has 2 aliphatic rings. The quantitative estimate of drug-likeness (QED) is 0.813. The number of piperazine rings is 1. The van der Waals surface area contributed by atoms with Gasteiger partial charge in [-0.15, -0.1) is 0 Å². The maximum atomic E-state index is 12.7. The Morgan fingerprint density at radius 1 is 1.15 bits per heavy atom. The van der Waals surface area contributed by atoms with E-state index in [1.807, 2.05) is 12.3 Å². The minimum atomic E-state index is 0.304. The van der Waals surface area contributed by atoms with Crippen LogP contribution in [0.15, 0.2) is 24.5 Å². The first-order valence-electron chi connectivity index (χ1n) is 10.7. The van der Waals surface area contributed by atoms with Gasteiger partial charge < -0.3 is 9.47 Å². The summed E-state index contributed by atoms with van der Waals surface area (Å²) in [6.45, 7) is 7.98. The average Bonchev–Trinajstić information content (AvgIpc) is 3.11. The molecule has 0 aromatic carbocycles. The van der Waals surface area contributed by atoms with Gasteiger partial charge in [-0.05, 0) is 43.9 Å². The first kappa shape index (κ1) is 18.5. The largest absolute Gasteiger partial charge is 0.340 e. The average molecular weight is 369 g/mol. The molecule has 2 fully saturated rings. The fourth-order valence-corrected chi connectivity index (χ4v) is 4.71. The van der Waals surface area contributed by atoms with E-state index in [9.17, 15) is 4.79 Å². The zero-order valence-corrected chi connectivity index (χ0v) is 16.6. The zero-order valence-electron chi connectivity index (χ0n) is 16.6. The number of carbonyl (C=O) groups is 1. The van der Waals surface area contributed by atoms with Gasteiger partial charge in [-0.1, -0.05) is 19.3 Å². The molecular formula is C22H32N4O. The number of carbonyl (C=O) groups excluding carboxylic acids is 1. The Labute approximate surface area is 162 Å². The fourth-order valence-electron chi connectivity index (χ4n) is 4.71. The normalized spacial score (nSPS) is 19.7. The topological polar surface area (TPSA) is 41.4 Å². The summed E-state index contributed by atoms with van der Waals surface area (Å²) in [6.07, 6.45) is 11.2. The van der Waals surface area contributed by atoms with Crippen molar-refractivity contribution in [1.29, 1.82) is 0 Å². The summed E-state index contributed by atoms with van der Waals surface area (Å²) in [5.74, 6) is 0.726. The van der Waals surface area contributed by atoms with Crippen molar-refractivity contribution in [2.24, 2.45) is 5.92 Å². The van der Waals surface area contributed by atoms with E-state index in [0.29, 0.717) is 11.8 Å². The van der Waals surface area contributed by atoms with Crippen LogP contribution >= 0.6 is 0 Å². The van der Waals surface area contributed by atoms with Crippen molar-refractivity contribution in [2.75, 3.05) is 32.7 Å². The Morgan fingerprint density at radius 2 is 1.93 bits per heavy atom. The van der Waals surface area contributed by atoms with Gasteiger partial charge in [0.05, 0.1) is 0 Å². The van der Waals surface area contributed by atoms with Gasteiger partial charge in [0.15, 0.2) is 0 Å². The van der Waals surface area contributed by atoms with Crippen LogP contribution in [-0.2, 0) is 17.8 Å². The molecule has 0 bridgehead atoms. The molecule has 1 saturated carbocycles. The van der Waals surface area contributed by atoms with Crippen molar-refractivity contribution in [3.8, 4) is 0 Å². The van der Waals surface area contributed by atoms with Gasteiger partial charge in [0.2, 0.25) is 5.91 Å². The molecule has 1 aliphatic heterocycles. The van der Waals surface area contributed by atoms with Gasteiger partial charge in [-0.2, -0.15) is 0 Å². The van der Waals surface area contributed by atoms with Crippen LogP contribution in [0.5, 0.6) is 0 Å². The number of aromatic nitrogens is 2. The zero-order chi connectivity index (χ0) is 18.6. The lowest BCUT2D eigenvalue weighted by Crippen LogP contribution is -2.50. The van der Waals surface area contributed by atoms with Crippen LogP contribution in [0.1, 0.15) is 44.6 Å². The first-order valence-corrected chi connectivity index (χ1v) is 10.7. The Bertz CT molecular complexity index is 770. The lowest BCUT2D eigenvalue weighted by Gasteiger charge is -2.37. The van der Waals surface area contributed by atoms with Crippen LogP contribution in [0.4, 0.5) is 0 Å². The third-order valence-electron chi connectivity index (χ3n) is 6.39. The molecule has 27 heavy (non-hydrogen) atoms. The molecular weight excluding hydrogens is 336 g/mol. The number of nitrogens with zero attached hydrogens (tertiary/aromatic N) is 4. The monoisotopic (exact) mass is 368 g/mol. The van der Waals surface area contributed by atoms with Crippen molar-refractivity contribution in [2.45, 2.75) is 52.0 Å². The number of hydrogen-bond acceptors (Lipinski definition) is 3. The second-order valence-corrected chi connectivity index (χ2v) is 8.07. The van der Waals surface area contributed by atoms with Crippen LogP contribution in [0, 0.1) is 5.92 Å². The lowest BCUT2D eigenvalue weighted by atomic mass is 9.88. The molecule has 3 heterocycles. The van der Waals surface area contributed by atoms with E-state index in [4.69, 9.17) is 0 Å². The second kappa shape index (κ2) is 8.42. The van der Waals surface area contributed by atoms with Crippen molar-refractivity contribution >= 4 is 16.9 Å².